The van der Waals surface area contributed by atoms with Crippen molar-refractivity contribution in [2.75, 3.05) is 16.9 Å². The summed E-state index contributed by atoms with van der Waals surface area (Å²) in [4.78, 5) is 30.9. The average molecular weight is 359 g/mol. The Labute approximate surface area is 151 Å². The first kappa shape index (κ1) is 17.5. The van der Waals surface area contributed by atoms with Crippen molar-refractivity contribution in [2.24, 2.45) is 5.41 Å². The Morgan fingerprint density at radius 2 is 2.00 bits per heavy atom. The number of nitrogens with zero attached hydrogens (tertiary/aromatic N) is 2. The predicted molar refractivity (Wildman–Crippen MR) is 98.0 cm³/mol. The molecule has 1 aliphatic rings. The second-order valence-electron chi connectivity index (χ2n) is 6.94. The minimum Gasteiger partial charge on any atom is -0.445 e. The van der Waals surface area contributed by atoms with Crippen LogP contribution in [0.2, 0.25) is 0 Å². The number of hydrogen-bond donors (Lipinski definition) is 1. The first-order valence-electron chi connectivity index (χ1n) is 8.06. The smallest absolute Gasteiger partial charge is 0.248 e. The van der Waals surface area contributed by atoms with E-state index in [0.29, 0.717) is 23.2 Å². The van der Waals surface area contributed by atoms with Gasteiger partial charge in [0.2, 0.25) is 17.7 Å². The summed E-state index contributed by atoms with van der Waals surface area (Å²) in [6.07, 6.45) is 3.10. The van der Waals surface area contributed by atoms with Crippen LogP contribution in [0.4, 0.5) is 5.69 Å². The van der Waals surface area contributed by atoms with E-state index in [1.54, 1.807) is 35.0 Å². The van der Waals surface area contributed by atoms with Crippen LogP contribution in [0.3, 0.4) is 0 Å². The first-order chi connectivity index (χ1) is 11.9. The molecule has 1 aliphatic heterocycles. The number of thioether (sulfide) groups is 1. The number of anilines is 1. The van der Waals surface area contributed by atoms with Crippen LogP contribution in [-0.2, 0) is 9.59 Å². The molecule has 1 unspecified atom stereocenters. The maximum atomic E-state index is 12.6. The summed E-state index contributed by atoms with van der Waals surface area (Å²) in [6, 6.07) is 6.83. The van der Waals surface area contributed by atoms with Gasteiger partial charge >= 0.3 is 0 Å². The van der Waals surface area contributed by atoms with E-state index in [1.165, 1.54) is 6.26 Å². The number of hydrogen-bond acceptors (Lipinski definition) is 5. The third kappa shape index (κ3) is 3.87. The summed E-state index contributed by atoms with van der Waals surface area (Å²) < 4.78 is 5.25. The largest absolute Gasteiger partial charge is 0.445 e. The molecule has 0 aliphatic carbocycles. The van der Waals surface area contributed by atoms with Crippen molar-refractivity contribution in [3.8, 4) is 11.5 Å². The van der Waals surface area contributed by atoms with Gasteiger partial charge in [-0.2, -0.15) is 0 Å². The van der Waals surface area contributed by atoms with Crippen molar-refractivity contribution in [1.29, 1.82) is 0 Å². The Morgan fingerprint density at radius 1 is 1.28 bits per heavy atom. The molecule has 3 rings (SSSR count). The molecule has 1 saturated heterocycles. The van der Waals surface area contributed by atoms with Crippen molar-refractivity contribution in [1.82, 2.24) is 9.88 Å². The third-order valence-corrected chi connectivity index (χ3v) is 4.93. The number of benzene rings is 1. The number of amides is 2. The minimum atomic E-state index is -0.499. The number of carbonyl (C=O) groups excluding carboxylic acids is 2. The van der Waals surface area contributed by atoms with Gasteiger partial charge in [0.15, 0.2) is 0 Å². The molecule has 0 spiro atoms. The van der Waals surface area contributed by atoms with Crippen molar-refractivity contribution in [3.63, 3.8) is 0 Å². The topological polar surface area (TPSA) is 75.4 Å². The molecule has 1 aromatic carbocycles. The van der Waals surface area contributed by atoms with Crippen LogP contribution >= 0.6 is 11.8 Å². The van der Waals surface area contributed by atoms with Crippen LogP contribution in [0.5, 0.6) is 0 Å². The van der Waals surface area contributed by atoms with E-state index in [2.05, 4.69) is 10.3 Å². The van der Waals surface area contributed by atoms with Gasteiger partial charge in [-0.3, -0.25) is 9.59 Å². The fourth-order valence-corrected chi connectivity index (χ4v) is 3.73. The predicted octanol–water partition coefficient (Wildman–Crippen LogP) is 3.23. The molecule has 1 atom stereocenters. The molecule has 2 heterocycles. The Balaban J connectivity index is 1.68. The minimum absolute atomic E-state index is 0.00288. The van der Waals surface area contributed by atoms with Gasteiger partial charge in [-0.25, -0.2) is 4.98 Å². The van der Waals surface area contributed by atoms with Crippen LogP contribution in [-0.4, -0.2) is 39.4 Å². The Kier molecular flexibility index (Phi) is 4.85. The highest BCUT2D eigenvalue weighted by atomic mass is 32.2. The fraction of sp³-hybridized carbons (Fsp3) is 0.389. The zero-order valence-electron chi connectivity index (χ0n) is 14.5. The highest BCUT2D eigenvalue weighted by molar-refractivity contribution is 7.99. The van der Waals surface area contributed by atoms with E-state index < -0.39 is 11.5 Å². The highest BCUT2D eigenvalue weighted by Gasteiger charge is 2.38. The molecule has 0 saturated carbocycles. The summed E-state index contributed by atoms with van der Waals surface area (Å²) >= 11 is 1.60. The van der Waals surface area contributed by atoms with Gasteiger partial charge in [-0.1, -0.05) is 20.8 Å². The van der Waals surface area contributed by atoms with Crippen LogP contribution in [0, 0.1) is 5.41 Å². The van der Waals surface area contributed by atoms with Crippen molar-refractivity contribution >= 4 is 29.3 Å². The molecule has 25 heavy (non-hydrogen) atoms. The second-order valence-corrected chi connectivity index (χ2v) is 7.94. The number of aromatic nitrogens is 1. The van der Waals surface area contributed by atoms with Crippen LogP contribution in [0.1, 0.15) is 20.8 Å². The molecule has 0 bridgehead atoms. The third-order valence-electron chi connectivity index (χ3n) is 3.92. The number of oxazole rings is 1. The van der Waals surface area contributed by atoms with Crippen LogP contribution in [0.15, 0.2) is 41.1 Å². The van der Waals surface area contributed by atoms with Crippen molar-refractivity contribution < 1.29 is 14.0 Å². The molecular weight excluding hydrogens is 338 g/mol. The van der Waals surface area contributed by atoms with E-state index >= 15 is 0 Å². The van der Waals surface area contributed by atoms with E-state index in [9.17, 15) is 9.59 Å². The molecule has 2 aromatic rings. The monoisotopic (exact) mass is 359 g/mol. The molecule has 6 nitrogen and oxygen atoms in total. The molecule has 132 valence electrons. The number of carbonyl (C=O) groups is 2. The van der Waals surface area contributed by atoms with Gasteiger partial charge < -0.3 is 14.6 Å². The lowest BCUT2D eigenvalue weighted by Crippen LogP contribution is -2.48. The molecule has 1 aromatic heterocycles. The fourth-order valence-electron chi connectivity index (χ4n) is 2.58. The normalized spacial score (nSPS) is 17.6. The van der Waals surface area contributed by atoms with Gasteiger partial charge in [-0.15, -0.1) is 11.8 Å². The molecule has 0 radical (unpaired) electrons. The van der Waals surface area contributed by atoms with Crippen molar-refractivity contribution in [3.05, 3.63) is 36.7 Å². The lowest BCUT2D eigenvalue weighted by Gasteiger charge is -2.29. The summed E-state index contributed by atoms with van der Waals surface area (Å²) in [7, 11) is 0. The summed E-state index contributed by atoms with van der Waals surface area (Å²) in [5.74, 6) is 1.54. The van der Waals surface area contributed by atoms with Gasteiger partial charge in [0.1, 0.15) is 12.3 Å². The Hall–Kier alpha value is -2.28. The zero-order chi connectivity index (χ0) is 18.0. The van der Waals surface area contributed by atoms with Gasteiger partial charge in [-0.05, 0) is 24.3 Å². The molecular formula is C18H21N3O3S. The lowest BCUT2D eigenvalue weighted by atomic mass is 9.94. The zero-order valence-corrected chi connectivity index (χ0v) is 15.3. The molecule has 1 N–H and O–H groups in total. The first-order valence-corrected chi connectivity index (χ1v) is 9.21. The van der Waals surface area contributed by atoms with Crippen LogP contribution < -0.4 is 5.32 Å². The van der Waals surface area contributed by atoms with Gasteiger partial charge in [0.05, 0.1) is 12.1 Å². The van der Waals surface area contributed by atoms with Crippen molar-refractivity contribution in [2.45, 2.75) is 26.8 Å². The molecule has 7 heteroatoms. The standard InChI is InChI=1S/C18H21N3O3S/c1-18(2,3)17(23)21-11-25-10-14(21)15(22)20-13-6-4-12(5-7-13)16-19-8-9-24-16/h4-9,14H,10-11H2,1-3H3,(H,20,22). The summed E-state index contributed by atoms with van der Waals surface area (Å²) in [5, 5.41) is 2.90. The number of rotatable bonds is 3. The Morgan fingerprint density at radius 3 is 2.60 bits per heavy atom. The number of nitrogens with one attached hydrogen (secondary N) is 1. The quantitative estimate of drug-likeness (QED) is 0.911. The summed E-state index contributed by atoms with van der Waals surface area (Å²) in [6.45, 7) is 5.61. The van der Waals surface area contributed by atoms with E-state index in [1.807, 2.05) is 32.9 Å². The van der Waals surface area contributed by atoms with E-state index in [0.717, 1.165) is 5.56 Å². The highest BCUT2D eigenvalue weighted by Crippen LogP contribution is 2.28. The summed E-state index contributed by atoms with van der Waals surface area (Å²) in [5.41, 5.74) is 1.02. The SMILES string of the molecule is CC(C)(C)C(=O)N1CSCC1C(=O)Nc1ccc(-c2ncco2)cc1. The average Bonchev–Trinajstić information content (AvgIpc) is 3.25. The van der Waals surface area contributed by atoms with E-state index in [4.69, 9.17) is 4.42 Å². The lowest BCUT2D eigenvalue weighted by molar-refractivity contribution is -0.143. The van der Waals surface area contributed by atoms with Gasteiger partial charge in [0.25, 0.3) is 0 Å². The molecule has 1 fully saturated rings. The van der Waals surface area contributed by atoms with E-state index in [-0.39, 0.29) is 11.8 Å². The van der Waals surface area contributed by atoms with Gasteiger partial charge in [0, 0.05) is 22.4 Å². The van der Waals surface area contributed by atoms with Crippen LogP contribution in [0.25, 0.3) is 11.5 Å². The Bertz CT molecular complexity index is 751. The maximum absolute atomic E-state index is 12.6. The second kappa shape index (κ2) is 6.92. The molecule has 2 amide bonds. The maximum Gasteiger partial charge on any atom is 0.248 e.